The number of para-hydroxylation sites is 1. The number of aromatic nitrogens is 2. The van der Waals surface area contributed by atoms with Gasteiger partial charge in [0, 0.05) is 22.4 Å². The van der Waals surface area contributed by atoms with Gasteiger partial charge in [-0.25, -0.2) is 4.98 Å². The fourth-order valence-electron chi connectivity index (χ4n) is 3.23. The Morgan fingerprint density at radius 2 is 1.88 bits per heavy atom. The van der Waals surface area contributed by atoms with Crippen LogP contribution in [0.5, 0.6) is 0 Å². The van der Waals surface area contributed by atoms with E-state index in [-0.39, 0.29) is 17.8 Å². The van der Waals surface area contributed by atoms with Crippen LogP contribution in [0.15, 0.2) is 59.4 Å². The highest BCUT2D eigenvalue weighted by Gasteiger charge is 2.09. The highest BCUT2D eigenvalue weighted by Crippen LogP contribution is 2.24. The summed E-state index contributed by atoms with van der Waals surface area (Å²) in [5, 5.41) is 1.66. The maximum absolute atomic E-state index is 12.4. The number of pyridine rings is 2. The Hall–Kier alpha value is -3.47. The van der Waals surface area contributed by atoms with Crippen LogP contribution in [-0.4, -0.2) is 15.9 Å². The molecule has 5 heteroatoms. The number of nitrogens with two attached hydrogens (primary N) is 1. The van der Waals surface area contributed by atoms with E-state index in [0.29, 0.717) is 16.8 Å². The number of amides is 1. The zero-order valence-electron chi connectivity index (χ0n) is 14.2. The van der Waals surface area contributed by atoms with Gasteiger partial charge in [0.2, 0.25) is 5.91 Å². The zero-order valence-corrected chi connectivity index (χ0v) is 14.2. The number of H-pyrrole nitrogens is 1. The van der Waals surface area contributed by atoms with Gasteiger partial charge in [0.15, 0.2) is 5.43 Å². The molecule has 0 bridgehead atoms. The lowest BCUT2D eigenvalue weighted by Crippen LogP contribution is -2.13. The third kappa shape index (κ3) is 2.84. The molecule has 0 aliphatic carbocycles. The van der Waals surface area contributed by atoms with Crippen molar-refractivity contribution >= 4 is 27.7 Å². The average Bonchev–Trinajstić information content (AvgIpc) is 2.61. The molecule has 26 heavy (non-hydrogen) atoms. The van der Waals surface area contributed by atoms with Crippen molar-refractivity contribution in [3.63, 3.8) is 0 Å². The van der Waals surface area contributed by atoms with Crippen LogP contribution in [0.3, 0.4) is 0 Å². The van der Waals surface area contributed by atoms with E-state index < -0.39 is 0 Å². The molecular formula is C21H17N3O2. The molecule has 0 saturated heterocycles. The quantitative estimate of drug-likeness (QED) is 0.599. The van der Waals surface area contributed by atoms with Crippen LogP contribution in [0.1, 0.15) is 11.1 Å². The molecule has 0 spiro atoms. The van der Waals surface area contributed by atoms with Crippen LogP contribution >= 0.6 is 0 Å². The minimum Gasteiger partial charge on any atom is -0.369 e. The van der Waals surface area contributed by atoms with E-state index in [1.54, 1.807) is 12.1 Å². The summed E-state index contributed by atoms with van der Waals surface area (Å²) < 4.78 is 0. The Kier molecular flexibility index (Phi) is 3.77. The number of aromatic amines is 1. The molecular weight excluding hydrogens is 326 g/mol. The third-order valence-electron chi connectivity index (χ3n) is 4.47. The minimum atomic E-state index is -0.379. The number of carbonyl (C=O) groups is 1. The van der Waals surface area contributed by atoms with Crippen LogP contribution in [0.4, 0.5) is 0 Å². The minimum absolute atomic E-state index is 0.0450. The average molecular weight is 343 g/mol. The van der Waals surface area contributed by atoms with Gasteiger partial charge >= 0.3 is 0 Å². The monoisotopic (exact) mass is 343 g/mol. The maximum atomic E-state index is 12.4. The second-order valence-electron chi connectivity index (χ2n) is 6.41. The van der Waals surface area contributed by atoms with Crippen LogP contribution in [0.25, 0.3) is 33.2 Å². The first-order valence-corrected chi connectivity index (χ1v) is 8.32. The van der Waals surface area contributed by atoms with Crippen LogP contribution < -0.4 is 11.2 Å². The fourth-order valence-corrected chi connectivity index (χ4v) is 3.23. The van der Waals surface area contributed by atoms with Crippen molar-refractivity contribution in [1.82, 2.24) is 9.97 Å². The summed E-state index contributed by atoms with van der Waals surface area (Å²) in [5.74, 6) is -0.379. The van der Waals surface area contributed by atoms with Gasteiger partial charge in [0.25, 0.3) is 0 Å². The van der Waals surface area contributed by atoms with Gasteiger partial charge in [-0.15, -0.1) is 0 Å². The van der Waals surface area contributed by atoms with Crippen molar-refractivity contribution in [1.29, 1.82) is 0 Å². The lowest BCUT2D eigenvalue weighted by atomic mass is 10.0. The second-order valence-corrected chi connectivity index (χ2v) is 6.41. The molecule has 3 N–H and O–H groups in total. The molecule has 5 nitrogen and oxygen atoms in total. The molecule has 2 heterocycles. The molecule has 2 aromatic carbocycles. The summed E-state index contributed by atoms with van der Waals surface area (Å²) in [7, 11) is 0. The van der Waals surface area contributed by atoms with E-state index >= 15 is 0 Å². The fraction of sp³-hybridized carbons (Fsp3) is 0.0952. The Morgan fingerprint density at radius 3 is 2.69 bits per heavy atom. The Bertz CT molecular complexity index is 1230. The van der Waals surface area contributed by atoms with E-state index in [4.69, 9.17) is 10.7 Å². The Morgan fingerprint density at radius 1 is 1.08 bits per heavy atom. The predicted molar refractivity (Wildman–Crippen MR) is 103 cm³/mol. The number of nitrogens with one attached hydrogen (secondary N) is 1. The molecule has 0 saturated carbocycles. The number of nitrogens with zero attached hydrogens (tertiary/aromatic N) is 1. The summed E-state index contributed by atoms with van der Waals surface area (Å²) in [6.07, 6.45) is 0.174. The third-order valence-corrected chi connectivity index (χ3v) is 4.47. The number of primary amides is 1. The molecule has 2 aromatic heterocycles. The number of rotatable bonds is 3. The molecule has 128 valence electrons. The molecule has 0 aliphatic heterocycles. The van der Waals surface area contributed by atoms with Crippen molar-refractivity contribution in [2.75, 3.05) is 0 Å². The van der Waals surface area contributed by atoms with Crippen LogP contribution in [0, 0.1) is 6.92 Å². The zero-order chi connectivity index (χ0) is 18.3. The van der Waals surface area contributed by atoms with Gasteiger partial charge in [-0.3, -0.25) is 9.59 Å². The normalized spacial score (nSPS) is 11.1. The number of hydrogen-bond acceptors (Lipinski definition) is 3. The molecule has 0 aliphatic rings. The summed E-state index contributed by atoms with van der Waals surface area (Å²) in [4.78, 5) is 31.6. The van der Waals surface area contributed by atoms with Crippen molar-refractivity contribution in [2.24, 2.45) is 5.73 Å². The molecule has 4 rings (SSSR count). The molecule has 4 aromatic rings. The van der Waals surface area contributed by atoms with Gasteiger partial charge in [-0.1, -0.05) is 24.3 Å². The number of fused-ring (bicyclic) bond motifs is 2. The van der Waals surface area contributed by atoms with E-state index in [1.165, 1.54) is 0 Å². The van der Waals surface area contributed by atoms with Gasteiger partial charge in [-0.2, -0.15) is 0 Å². The van der Waals surface area contributed by atoms with Crippen LogP contribution in [0.2, 0.25) is 0 Å². The number of benzene rings is 2. The van der Waals surface area contributed by atoms with Gasteiger partial charge in [-0.05, 0) is 42.3 Å². The summed E-state index contributed by atoms with van der Waals surface area (Å²) in [6.45, 7) is 2.00. The predicted octanol–water partition coefficient (Wildman–Crippen LogP) is 3.08. The largest absolute Gasteiger partial charge is 0.369 e. The van der Waals surface area contributed by atoms with Gasteiger partial charge < -0.3 is 10.7 Å². The molecule has 1 amide bonds. The maximum Gasteiger partial charge on any atom is 0.221 e. The highest BCUT2D eigenvalue weighted by atomic mass is 16.1. The number of hydrogen-bond donors (Lipinski definition) is 2. The number of carbonyl (C=O) groups excluding carboxylic acids is 1. The Balaban J connectivity index is 1.91. The van der Waals surface area contributed by atoms with Gasteiger partial charge in [0.05, 0.1) is 23.3 Å². The van der Waals surface area contributed by atoms with Gasteiger partial charge in [0.1, 0.15) is 0 Å². The molecule has 0 radical (unpaired) electrons. The first kappa shape index (κ1) is 16.0. The van der Waals surface area contributed by atoms with Crippen LogP contribution in [-0.2, 0) is 11.2 Å². The topological polar surface area (TPSA) is 88.8 Å². The summed E-state index contributed by atoms with van der Waals surface area (Å²) in [6, 6.07) is 16.6. The molecule has 0 atom stereocenters. The number of aryl methyl sites for hydroxylation is 1. The summed E-state index contributed by atoms with van der Waals surface area (Å²) >= 11 is 0. The smallest absolute Gasteiger partial charge is 0.221 e. The van der Waals surface area contributed by atoms with Crippen molar-refractivity contribution < 1.29 is 4.79 Å². The molecule has 0 fully saturated rings. The van der Waals surface area contributed by atoms with E-state index in [9.17, 15) is 9.59 Å². The molecule has 0 unspecified atom stereocenters. The summed E-state index contributed by atoms with van der Waals surface area (Å²) in [5.41, 5.74) is 10.0. The standard InChI is InChI=1S/C21H17N3O2/c1-12-8-18(19-11-20(25)15-4-2-3-5-16(15)23-19)24-17-9-13(10-21(22)26)6-7-14(12)17/h2-9,11H,10H2,1H3,(H2,22,26)(H,23,25). The second kappa shape index (κ2) is 6.11. The van der Waals surface area contributed by atoms with E-state index in [1.807, 2.05) is 49.4 Å². The highest BCUT2D eigenvalue weighted by molar-refractivity contribution is 5.87. The van der Waals surface area contributed by atoms with Crippen molar-refractivity contribution in [2.45, 2.75) is 13.3 Å². The lowest BCUT2D eigenvalue weighted by molar-refractivity contribution is -0.117. The lowest BCUT2D eigenvalue weighted by Gasteiger charge is -2.09. The van der Waals surface area contributed by atoms with Crippen molar-refractivity contribution in [3.8, 4) is 11.4 Å². The van der Waals surface area contributed by atoms with E-state index in [2.05, 4.69) is 4.98 Å². The van der Waals surface area contributed by atoms with E-state index in [0.717, 1.165) is 27.5 Å². The first-order chi connectivity index (χ1) is 12.5. The SMILES string of the molecule is Cc1cc(-c2cc(=O)c3ccccc3[nH]2)nc2cc(CC(N)=O)ccc12. The Labute approximate surface area is 149 Å². The van der Waals surface area contributed by atoms with Crippen molar-refractivity contribution in [3.05, 3.63) is 75.9 Å². The first-order valence-electron chi connectivity index (χ1n) is 8.32.